The van der Waals surface area contributed by atoms with Crippen molar-refractivity contribution in [1.82, 2.24) is 9.13 Å². The van der Waals surface area contributed by atoms with Crippen molar-refractivity contribution in [3.63, 3.8) is 0 Å². The van der Waals surface area contributed by atoms with Crippen LogP contribution in [0.5, 0.6) is 0 Å². The molecular formula is C22H18FN3O4. The number of nitrogens with one attached hydrogen (secondary N) is 1. The Labute approximate surface area is 170 Å². The number of rotatable bonds is 5. The molecule has 1 amide bonds. The van der Waals surface area contributed by atoms with Crippen LogP contribution in [-0.2, 0) is 17.9 Å². The van der Waals surface area contributed by atoms with Crippen LogP contribution in [0.1, 0.15) is 11.3 Å². The lowest BCUT2D eigenvalue weighted by Gasteiger charge is -2.14. The van der Waals surface area contributed by atoms with E-state index < -0.39 is 17.2 Å². The maximum Gasteiger partial charge on any atom is 0.332 e. The van der Waals surface area contributed by atoms with Crippen LogP contribution in [0.25, 0.3) is 10.9 Å². The van der Waals surface area contributed by atoms with Crippen LogP contribution in [0, 0.1) is 12.7 Å². The molecule has 0 saturated carbocycles. The summed E-state index contributed by atoms with van der Waals surface area (Å²) < 4.78 is 21.0. The Kier molecular flexibility index (Phi) is 5.05. The molecule has 4 aromatic rings. The number of nitrogens with zero attached hydrogens (tertiary/aromatic N) is 2. The molecule has 8 heteroatoms. The molecule has 2 heterocycles. The number of aromatic nitrogens is 2. The van der Waals surface area contributed by atoms with E-state index in [9.17, 15) is 18.8 Å². The van der Waals surface area contributed by atoms with Crippen molar-refractivity contribution in [2.24, 2.45) is 0 Å². The van der Waals surface area contributed by atoms with Gasteiger partial charge in [-0.2, -0.15) is 0 Å². The summed E-state index contributed by atoms with van der Waals surface area (Å²) in [6, 6.07) is 14.1. The molecule has 0 atom stereocenters. The van der Waals surface area contributed by atoms with E-state index in [1.54, 1.807) is 43.3 Å². The molecule has 152 valence electrons. The second-order valence-corrected chi connectivity index (χ2v) is 6.87. The van der Waals surface area contributed by atoms with Gasteiger partial charge in [-0.3, -0.25) is 18.7 Å². The van der Waals surface area contributed by atoms with Crippen LogP contribution in [0.2, 0.25) is 0 Å². The number of para-hydroxylation sites is 1. The standard InChI is InChI=1S/C22H18FN3O4/c1-14-11-15(8-9-18(14)23)24-20(27)13-25-19-7-3-2-6-17(19)21(28)26(22(25)29)12-16-5-4-10-30-16/h2-11H,12-13H2,1H3,(H,24,27). The van der Waals surface area contributed by atoms with E-state index in [4.69, 9.17) is 4.42 Å². The van der Waals surface area contributed by atoms with Crippen molar-refractivity contribution >= 4 is 22.5 Å². The summed E-state index contributed by atoms with van der Waals surface area (Å²) in [5.41, 5.74) is 0.0783. The molecule has 2 aromatic carbocycles. The molecule has 0 aliphatic rings. The van der Waals surface area contributed by atoms with Crippen LogP contribution in [0.4, 0.5) is 10.1 Å². The molecule has 2 aromatic heterocycles. The number of carbonyl (C=O) groups is 1. The molecule has 0 saturated heterocycles. The summed E-state index contributed by atoms with van der Waals surface area (Å²) in [6.45, 7) is 1.23. The lowest BCUT2D eigenvalue weighted by atomic mass is 10.2. The van der Waals surface area contributed by atoms with Gasteiger partial charge in [-0.05, 0) is 55.0 Å². The van der Waals surface area contributed by atoms with Crippen molar-refractivity contribution in [2.45, 2.75) is 20.0 Å². The number of anilines is 1. The third kappa shape index (κ3) is 3.67. The number of benzene rings is 2. The van der Waals surface area contributed by atoms with Crippen molar-refractivity contribution in [1.29, 1.82) is 0 Å². The third-order valence-corrected chi connectivity index (χ3v) is 4.77. The zero-order valence-electron chi connectivity index (χ0n) is 16.1. The van der Waals surface area contributed by atoms with Crippen LogP contribution in [-0.4, -0.2) is 15.0 Å². The normalized spacial score (nSPS) is 11.0. The fourth-order valence-electron chi connectivity index (χ4n) is 3.29. The number of furan rings is 1. The fraction of sp³-hybridized carbons (Fsp3) is 0.136. The minimum absolute atomic E-state index is 0.0473. The third-order valence-electron chi connectivity index (χ3n) is 4.77. The molecule has 0 fully saturated rings. The maximum absolute atomic E-state index is 13.5. The second-order valence-electron chi connectivity index (χ2n) is 6.87. The minimum atomic E-state index is -0.625. The predicted octanol–water partition coefficient (Wildman–Crippen LogP) is 2.89. The molecule has 0 aliphatic heterocycles. The number of halogens is 1. The molecule has 0 unspecified atom stereocenters. The van der Waals surface area contributed by atoms with Crippen molar-refractivity contribution in [3.05, 3.63) is 98.8 Å². The lowest BCUT2D eigenvalue weighted by Crippen LogP contribution is -2.42. The van der Waals surface area contributed by atoms with Crippen molar-refractivity contribution in [2.75, 3.05) is 5.32 Å². The van der Waals surface area contributed by atoms with Gasteiger partial charge in [0.2, 0.25) is 5.91 Å². The molecule has 1 N–H and O–H groups in total. The van der Waals surface area contributed by atoms with Gasteiger partial charge in [-0.1, -0.05) is 12.1 Å². The largest absolute Gasteiger partial charge is 0.467 e. The van der Waals surface area contributed by atoms with Gasteiger partial charge < -0.3 is 9.73 Å². The molecule has 7 nitrogen and oxygen atoms in total. The van der Waals surface area contributed by atoms with Gasteiger partial charge in [-0.15, -0.1) is 0 Å². The molecule has 0 aliphatic carbocycles. The Hall–Kier alpha value is -3.94. The first-order chi connectivity index (χ1) is 14.4. The van der Waals surface area contributed by atoms with E-state index in [1.165, 1.54) is 29.0 Å². The zero-order valence-corrected chi connectivity index (χ0v) is 16.1. The molecule has 0 radical (unpaired) electrons. The highest BCUT2D eigenvalue weighted by atomic mass is 19.1. The van der Waals surface area contributed by atoms with Gasteiger partial charge in [0.15, 0.2) is 0 Å². The van der Waals surface area contributed by atoms with Gasteiger partial charge in [0.25, 0.3) is 5.56 Å². The summed E-state index contributed by atoms with van der Waals surface area (Å²) in [6.07, 6.45) is 1.46. The highest BCUT2D eigenvalue weighted by Crippen LogP contribution is 2.14. The summed E-state index contributed by atoms with van der Waals surface area (Å²) in [5, 5.41) is 2.97. The van der Waals surface area contributed by atoms with Crippen molar-refractivity contribution < 1.29 is 13.6 Å². The van der Waals surface area contributed by atoms with Gasteiger partial charge >= 0.3 is 5.69 Å². The summed E-state index contributed by atoms with van der Waals surface area (Å²) in [4.78, 5) is 38.5. The van der Waals surface area contributed by atoms with Crippen LogP contribution in [0.15, 0.2) is 74.9 Å². The van der Waals surface area contributed by atoms with Gasteiger partial charge in [0.05, 0.1) is 23.7 Å². The first kappa shape index (κ1) is 19.4. The van der Waals surface area contributed by atoms with E-state index in [-0.39, 0.29) is 18.9 Å². The summed E-state index contributed by atoms with van der Waals surface area (Å²) in [7, 11) is 0. The summed E-state index contributed by atoms with van der Waals surface area (Å²) in [5.74, 6) is -0.404. The Morgan fingerprint density at radius 3 is 2.60 bits per heavy atom. The van der Waals surface area contributed by atoms with Crippen LogP contribution < -0.4 is 16.6 Å². The topological polar surface area (TPSA) is 86.2 Å². The molecule has 4 rings (SSSR count). The number of hydrogen-bond donors (Lipinski definition) is 1. The van der Waals surface area contributed by atoms with E-state index in [0.717, 1.165) is 4.57 Å². The lowest BCUT2D eigenvalue weighted by molar-refractivity contribution is -0.116. The Bertz CT molecular complexity index is 1350. The molecule has 0 bridgehead atoms. The number of amides is 1. The average Bonchev–Trinajstić information content (AvgIpc) is 3.24. The first-order valence-corrected chi connectivity index (χ1v) is 9.25. The number of carbonyl (C=O) groups excluding carboxylic acids is 1. The Morgan fingerprint density at radius 1 is 1.07 bits per heavy atom. The van der Waals surface area contributed by atoms with E-state index in [0.29, 0.717) is 27.9 Å². The smallest absolute Gasteiger partial charge is 0.332 e. The van der Waals surface area contributed by atoms with E-state index in [1.807, 2.05) is 0 Å². The fourth-order valence-corrected chi connectivity index (χ4v) is 3.29. The summed E-state index contributed by atoms with van der Waals surface area (Å²) >= 11 is 0. The highest BCUT2D eigenvalue weighted by Gasteiger charge is 2.16. The highest BCUT2D eigenvalue weighted by molar-refractivity contribution is 5.91. The van der Waals surface area contributed by atoms with Crippen LogP contribution >= 0.6 is 0 Å². The first-order valence-electron chi connectivity index (χ1n) is 9.25. The molecule has 0 spiro atoms. The van der Waals surface area contributed by atoms with E-state index in [2.05, 4.69) is 5.32 Å². The van der Waals surface area contributed by atoms with Crippen LogP contribution in [0.3, 0.4) is 0 Å². The Balaban J connectivity index is 1.73. The van der Waals surface area contributed by atoms with Gasteiger partial charge in [0.1, 0.15) is 18.1 Å². The zero-order chi connectivity index (χ0) is 21.3. The minimum Gasteiger partial charge on any atom is -0.467 e. The molecule has 30 heavy (non-hydrogen) atoms. The van der Waals surface area contributed by atoms with E-state index >= 15 is 0 Å². The van der Waals surface area contributed by atoms with Gasteiger partial charge in [0, 0.05) is 5.69 Å². The Morgan fingerprint density at radius 2 is 1.87 bits per heavy atom. The number of fused-ring (bicyclic) bond motifs is 1. The molecular weight excluding hydrogens is 389 g/mol. The number of aryl methyl sites for hydroxylation is 1. The SMILES string of the molecule is Cc1cc(NC(=O)Cn2c(=O)n(Cc3ccco3)c(=O)c3ccccc32)ccc1F. The number of hydrogen-bond acceptors (Lipinski definition) is 4. The quantitative estimate of drug-likeness (QED) is 0.551. The second kappa shape index (κ2) is 7.82. The maximum atomic E-state index is 13.5. The van der Waals surface area contributed by atoms with Crippen molar-refractivity contribution in [3.8, 4) is 0 Å². The predicted molar refractivity (Wildman–Crippen MR) is 110 cm³/mol. The monoisotopic (exact) mass is 407 g/mol. The van der Waals surface area contributed by atoms with Gasteiger partial charge in [-0.25, -0.2) is 9.18 Å². The average molecular weight is 407 g/mol.